The molecule has 1 aliphatic heterocycles. The van der Waals surface area contributed by atoms with Gasteiger partial charge in [0.15, 0.2) is 5.96 Å². The fourth-order valence-corrected chi connectivity index (χ4v) is 2.83. The minimum Gasteiger partial charge on any atom is -0.466 e. The van der Waals surface area contributed by atoms with Crippen LogP contribution in [0.3, 0.4) is 0 Å². The minimum atomic E-state index is -0.0975. The third-order valence-corrected chi connectivity index (χ3v) is 3.94. The average molecular weight is 321 g/mol. The lowest BCUT2D eigenvalue weighted by molar-refractivity contribution is -0.149. The third kappa shape index (κ3) is 4.97. The molecule has 0 spiro atoms. The van der Waals surface area contributed by atoms with E-state index in [9.17, 15) is 4.79 Å². The lowest BCUT2D eigenvalue weighted by Gasteiger charge is -2.33. The summed E-state index contributed by atoms with van der Waals surface area (Å²) >= 11 is 0. The monoisotopic (exact) mass is 321 g/mol. The van der Waals surface area contributed by atoms with Crippen LogP contribution in [0.5, 0.6) is 0 Å². The van der Waals surface area contributed by atoms with Crippen LogP contribution in [0.15, 0.2) is 17.4 Å². The first-order valence-corrected chi connectivity index (χ1v) is 8.25. The van der Waals surface area contributed by atoms with Gasteiger partial charge in [0, 0.05) is 32.9 Å². The van der Waals surface area contributed by atoms with Gasteiger partial charge in [-0.25, -0.2) is 0 Å². The van der Waals surface area contributed by atoms with E-state index in [-0.39, 0.29) is 11.9 Å². The number of guanidine groups is 1. The predicted molar refractivity (Wildman–Crippen MR) is 89.3 cm³/mol. The molecule has 0 aliphatic carbocycles. The maximum Gasteiger partial charge on any atom is 0.310 e. The van der Waals surface area contributed by atoms with Crippen LogP contribution in [-0.4, -0.2) is 59.9 Å². The molecular weight excluding hydrogens is 294 g/mol. The average Bonchev–Trinajstić information content (AvgIpc) is 2.97. The Bertz CT molecular complexity index is 540. The quantitative estimate of drug-likeness (QED) is 0.498. The second kappa shape index (κ2) is 8.55. The summed E-state index contributed by atoms with van der Waals surface area (Å²) in [6.07, 6.45) is 5.73. The summed E-state index contributed by atoms with van der Waals surface area (Å²) in [7, 11) is 1.77. The van der Waals surface area contributed by atoms with E-state index in [2.05, 4.69) is 20.3 Å². The maximum absolute atomic E-state index is 11.9. The van der Waals surface area contributed by atoms with Gasteiger partial charge in [-0.2, -0.15) is 5.10 Å². The molecule has 23 heavy (non-hydrogen) atoms. The molecule has 1 aliphatic rings. The Hall–Kier alpha value is -2.05. The maximum atomic E-state index is 11.9. The molecular formula is C16H27N5O2. The van der Waals surface area contributed by atoms with Gasteiger partial charge in [-0.15, -0.1) is 0 Å². The number of nitrogens with zero attached hydrogens (tertiary/aromatic N) is 4. The first-order chi connectivity index (χ1) is 11.1. The van der Waals surface area contributed by atoms with Crippen molar-refractivity contribution >= 4 is 11.9 Å². The molecule has 0 radical (unpaired) electrons. The van der Waals surface area contributed by atoms with Crippen molar-refractivity contribution in [1.29, 1.82) is 0 Å². The first-order valence-electron chi connectivity index (χ1n) is 8.25. The lowest BCUT2D eigenvalue weighted by atomic mass is 9.98. The Morgan fingerprint density at radius 2 is 2.39 bits per heavy atom. The van der Waals surface area contributed by atoms with Gasteiger partial charge in [0.05, 0.1) is 25.3 Å². The van der Waals surface area contributed by atoms with Crippen molar-refractivity contribution < 1.29 is 9.53 Å². The molecule has 2 rings (SSSR count). The van der Waals surface area contributed by atoms with Crippen LogP contribution in [0, 0.1) is 12.8 Å². The Morgan fingerprint density at radius 3 is 3.04 bits per heavy atom. The van der Waals surface area contributed by atoms with Crippen LogP contribution in [0.1, 0.15) is 25.3 Å². The highest BCUT2D eigenvalue weighted by molar-refractivity contribution is 5.81. The van der Waals surface area contributed by atoms with Gasteiger partial charge in [0.1, 0.15) is 0 Å². The summed E-state index contributed by atoms with van der Waals surface area (Å²) in [5.41, 5.74) is 1.16. The fourth-order valence-electron chi connectivity index (χ4n) is 2.83. The zero-order valence-electron chi connectivity index (χ0n) is 14.3. The van der Waals surface area contributed by atoms with Gasteiger partial charge in [-0.3, -0.25) is 14.5 Å². The number of aliphatic imine (C=N–C) groups is 1. The van der Waals surface area contributed by atoms with E-state index in [1.165, 1.54) is 0 Å². The molecule has 1 saturated heterocycles. The van der Waals surface area contributed by atoms with E-state index in [1.54, 1.807) is 7.05 Å². The van der Waals surface area contributed by atoms with Gasteiger partial charge >= 0.3 is 5.97 Å². The predicted octanol–water partition coefficient (Wildman–Crippen LogP) is 1.04. The largest absolute Gasteiger partial charge is 0.466 e. The van der Waals surface area contributed by atoms with Gasteiger partial charge < -0.3 is 15.0 Å². The summed E-state index contributed by atoms with van der Waals surface area (Å²) < 4.78 is 7.06. The number of carbonyl (C=O) groups is 1. The number of carbonyl (C=O) groups excluding carboxylic acids is 1. The molecule has 0 bridgehead atoms. The van der Waals surface area contributed by atoms with E-state index in [0.717, 1.165) is 44.0 Å². The number of hydrogen-bond acceptors (Lipinski definition) is 4. The summed E-state index contributed by atoms with van der Waals surface area (Å²) in [4.78, 5) is 18.4. The molecule has 1 N–H and O–H groups in total. The van der Waals surface area contributed by atoms with Crippen molar-refractivity contribution in [3.05, 3.63) is 18.0 Å². The molecule has 2 heterocycles. The summed E-state index contributed by atoms with van der Waals surface area (Å²) in [6.45, 7) is 7.41. The number of aromatic nitrogens is 2. The van der Waals surface area contributed by atoms with Crippen LogP contribution in [0.4, 0.5) is 0 Å². The van der Waals surface area contributed by atoms with Gasteiger partial charge in [0.25, 0.3) is 0 Å². The number of nitrogens with one attached hydrogen (secondary N) is 1. The van der Waals surface area contributed by atoms with E-state index < -0.39 is 0 Å². The van der Waals surface area contributed by atoms with Gasteiger partial charge in [-0.05, 0) is 32.3 Å². The molecule has 0 aromatic carbocycles. The highest BCUT2D eigenvalue weighted by Crippen LogP contribution is 2.18. The summed E-state index contributed by atoms with van der Waals surface area (Å²) in [5, 5.41) is 7.62. The number of esters is 1. The lowest BCUT2D eigenvalue weighted by Crippen LogP contribution is -2.48. The van der Waals surface area contributed by atoms with E-state index in [1.807, 2.05) is 30.9 Å². The molecule has 128 valence electrons. The Balaban J connectivity index is 1.83. The summed E-state index contributed by atoms with van der Waals surface area (Å²) in [6, 6.07) is 0. The number of hydrogen-bond donors (Lipinski definition) is 1. The van der Waals surface area contributed by atoms with Crippen LogP contribution >= 0.6 is 0 Å². The molecule has 1 aromatic rings. The third-order valence-electron chi connectivity index (χ3n) is 3.94. The van der Waals surface area contributed by atoms with Gasteiger partial charge in [0.2, 0.25) is 0 Å². The summed E-state index contributed by atoms with van der Waals surface area (Å²) in [5.74, 6) is 0.679. The Kier molecular flexibility index (Phi) is 6.43. The normalized spacial score (nSPS) is 18.8. The number of piperidine rings is 1. The number of ether oxygens (including phenoxy) is 1. The molecule has 1 aromatic heterocycles. The van der Waals surface area contributed by atoms with Crippen molar-refractivity contribution in [3.63, 3.8) is 0 Å². The smallest absolute Gasteiger partial charge is 0.310 e. The number of likely N-dealkylation sites (tertiary alicyclic amines) is 1. The first kappa shape index (κ1) is 17.3. The fraction of sp³-hybridized carbons (Fsp3) is 0.688. The molecule has 1 fully saturated rings. The second-order valence-corrected chi connectivity index (χ2v) is 5.79. The topological polar surface area (TPSA) is 71.8 Å². The van der Waals surface area contributed by atoms with Crippen LogP contribution in [-0.2, 0) is 16.1 Å². The molecule has 1 unspecified atom stereocenters. The van der Waals surface area contributed by atoms with Crippen molar-refractivity contribution in [2.75, 3.05) is 33.3 Å². The zero-order chi connectivity index (χ0) is 16.7. The van der Waals surface area contributed by atoms with Crippen molar-refractivity contribution in [1.82, 2.24) is 20.0 Å². The SMILES string of the molecule is CCOC(=O)C1CCCN(C(=NC)NCCn2cc(C)cn2)C1. The Labute approximate surface area is 137 Å². The van der Waals surface area contributed by atoms with Crippen molar-refractivity contribution in [3.8, 4) is 0 Å². The number of rotatable bonds is 5. The van der Waals surface area contributed by atoms with E-state index in [0.29, 0.717) is 13.2 Å². The molecule has 7 nitrogen and oxygen atoms in total. The minimum absolute atomic E-state index is 0.0592. The van der Waals surface area contributed by atoms with Crippen LogP contribution in [0.25, 0.3) is 0 Å². The molecule has 0 amide bonds. The molecule has 0 saturated carbocycles. The second-order valence-electron chi connectivity index (χ2n) is 5.79. The van der Waals surface area contributed by atoms with E-state index in [4.69, 9.17) is 4.74 Å². The van der Waals surface area contributed by atoms with Crippen LogP contribution < -0.4 is 5.32 Å². The highest BCUT2D eigenvalue weighted by Gasteiger charge is 2.28. The van der Waals surface area contributed by atoms with Crippen LogP contribution in [0.2, 0.25) is 0 Å². The van der Waals surface area contributed by atoms with Crippen molar-refractivity contribution in [2.24, 2.45) is 10.9 Å². The van der Waals surface area contributed by atoms with E-state index >= 15 is 0 Å². The van der Waals surface area contributed by atoms with Crippen molar-refractivity contribution in [2.45, 2.75) is 33.2 Å². The molecule has 7 heteroatoms. The zero-order valence-corrected chi connectivity index (χ0v) is 14.3. The Morgan fingerprint density at radius 1 is 1.57 bits per heavy atom. The standard InChI is InChI=1S/C16H27N5O2/c1-4-23-15(22)14-6-5-8-20(12-14)16(17-3)18-7-9-21-11-13(2)10-19-21/h10-11,14H,4-9,12H2,1-3H3,(H,17,18). The highest BCUT2D eigenvalue weighted by atomic mass is 16.5. The van der Waals surface area contributed by atoms with Gasteiger partial charge in [-0.1, -0.05) is 0 Å². The molecule has 1 atom stereocenters. The number of aryl methyl sites for hydroxylation is 1.